The van der Waals surface area contributed by atoms with Crippen molar-refractivity contribution in [2.45, 2.75) is 38.5 Å². The van der Waals surface area contributed by atoms with Crippen molar-refractivity contribution >= 4 is 11.7 Å². The Kier molecular flexibility index (Phi) is 5.68. The van der Waals surface area contributed by atoms with Gasteiger partial charge in [0.1, 0.15) is 5.82 Å². The smallest absolute Gasteiger partial charge is 0.225 e. The highest BCUT2D eigenvalue weighted by Gasteiger charge is 2.18. The highest BCUT2D eigenvalue weighted by atomic mass is 16.5. The third kappa shape index (κ3) is 4.66. The first-order chi connectivity index (χ1) is 13.3. The maximum Gasteiger partial charge on any atom is 0.225 e. The van der Waals surface area contributed by atoms with Gasteiger partial charge in [-0.25, -0.2) is 0 Å². The first-order valence-corrected chi connectivity index (χ1v) is 9.97. The van der Waals surface area contributed by atoms with Gasteiger partial charge in [-0.1, -0.05) is 24.3 Å². The van der Waals surface area contributed by atoms with E-state index in [1.165, 1.54) is 5.57 Å². The SMILES string of the molecule is O=C1CCc2ccc(OCCCCN3CCC4=C(CC=CC=C4)C3)nc2N1. The Balaban J connectivity index is 1.19. The Hall–Kier alpha value is -2.40. The molecule has 0 radical (unpaired) electrons. The molecule has 1 N–H and O–H groups in total. The third-order valence-electron chi connectivity index (χ3n) is 5.43. The number of hydrogen-bond acceptors (Lipinski definition) is 4. The Bertz CT molecular complexity index is 795. The largest absolute Gasteiger partial charge is 0.478 e. The molecule has 5 heteroatoms. The van der Waals surface area contributed by atoms with Gasteiger partial charge in [-0.05, 0) is 61.4 Å². The topological polar surface area (TPSA) is 54.5 Å². The van der Waals surface area contributed by atoms with Gasteiger partial charge < -0.3 is 10.1 Å². The Morgan fingerprint density at radius 2 is 2.11 bits per heavy atom. The summed E-state index contributed by atoms with van der Waals surface area (Å²) in [7, 11) is 0. The summed E-state index contributed by atoms with van der Waals surface area (Å²) in [4.78, 5) is 18.5. The number of nitrogens with zero attached hydrogens (tertiary/aromatic N) is 2. The Morgan fingerprint density at radius 1 is 1.15 bits per heavy atom. The molecule has 1 amide bonds. The zero-order chi connectivity index (χ0) is 18.5. The van der Waals surface area contributed by atoms with E-state index in [-0.39, 0.29) is 5.91 Å². The van der Waals surface area contributed by atoms with Gasteiger partial charge in [0.2, 0.25) is 11.8 Å². The predicted octanol–water partition coefficient (Wildman–Crippen LogP) is 3.64. The van der Waals surface area contributed by atoms with Crippen molar-refractivity contribution in [2.24, 2.45) is 0 Å². The van der Waals surface area contributed by atoms with Crippen LogP contribution in [0.1, 0.15) is 37.7 Å². The zero-order valence-electron chi connectivity index (χ0n) is 15.7. The van der Waals surface area contributed by atoms with Gasteiger partial charge in [-0.3, -0.25) is 9.69 Å². The molecule has 27 heavy (non-hydrogen) atoms. The fraction of sp³-hybridized carbons (Fsp3) is 0.455. The summed E-state index contributed by atoms with van der Waals surface area (Å²) in [5.74, 6) is 1.29. The first kappa shape index (κ1) is 18.0. The number of hydrogen-bond donors (Lipinski definition) is 1. The van der Waals surface area contributed by atoms with Gasteiger partial charge >= 0.3 is 0 Å². The fourth-order valence-electron chi connectivity index (χ4n) is 3.87. The number of aryl methyl sites for hydroxylation is 1. The van der Waals surface area contributed by atoms with E-state index < -0.39 is 0 Å². The number of unbranched alkanes of at least 4 members (excludes halogenated alkanes) is 1. The van der Waals surface area contributed by atoms with Crippen molar-refractivity contribution in [1.29, 1.82) is 0 Å². The van der Waals surface area contributed by atoms with Gasteiger partial charge in [0.25, 0.3) is 0 Å². The molecule has 1 aromatic rings. The number of fused-ring (bicyclic) bond motifs is 1. The maximum atomic E-state index is 11.5. The lowest BCUT2D eigenvalue weighted by atomic mass is 9.98. The summed E-state index contributed by atoms with van der Waals surface area (Å²) < 4.78 is 5.79. The average Bonchev–Trinajstić information content (AvgIpc) is 2.92. The number of nitrogens with one attached hydrogen (secondary N) is 1. The van der Waals surface area contributed by atoms with Crippen molar-refractivity contribution in [1.82, 2.24) is 9.88 Å². The second-order valence-electron chi connectivity index (χ2n) is 7.41. The molecule has 142 valence electrons. The quantitative estimate of drug-likeness (QED) is 0.782. The molecule has 0 aromatic carbocycles. The van der Waals surface area contributed by atoms with Crippen molar-refractivity contribution < 1.29 is 9.53 Å². The Labute approximate surface area is 160 Å². The van der Waals surface area contributed by atoms with Crippen LogP contribution in [-0.4, -0.2) is 42.0 Å². The van der Waals surface area contributed by atoms with E-state index in [1.807, 2.05) is 12.1 Å². The van der Waals surface area contributed by atoms with E-state index in [1.54, 1.807) is 5.57 Å². The summed E-state index contributed by atoms with van der Waals surface area (Å²) in [5.41, 5.74) is 4.19. The molecule has 0 saturated heterocycles. The molecular formula is C22H27N3O2. The number of aromatic nitrogens is 1. The van der Waals surface area contributed by atoms with Gasteiger partial charge in [-0.15, -0.1) is 0 Å². The Morgan fingerprint density at radius 3 is 3.07 bits per heavy atom. The molecule has 0 spiro atoms. The predicted molar refractivity (Wildman–Crippen MR) is 107 cm³/mol. The van der Waals surface area contributed by atoms with Crippen molar-refractivity contribution in [3.63, 3.8) is 0 Å². The van der Waals surface area contributed by atoms with Crippen LogP contribution in [-0.2, 0) is 11.2 Å². The third-order valence-corrected chi connectivity index (χ3v) is 5.43. The second kappa shape index (κ2) is 8.53. The van der Waals surface area contributed by atoms with E-state index in [0.29, 0.717) is 24.7 Å². The van der Waals surface area contributed by atoms with Crippen LogP contribution in [0.15, 0.2) is 47.6 Å². The number of rotatable bonds is 6. The molecular weight excluding hydrogens is 338 g/mol. The van der Waals surface area contributed by atoms with Crippen LogP contribution < -0.4 is 10.1 Å². The fourth-order valence-corrected chi connectivity index (χ4v) is 3.87. The number of carbonyl (C=O) groups excluding carboxylic acids is 1. The van der Waals surface area contributed by atoms with Crippen LogP contribution >= 0.6 is 0 Å². The zero-order valence-corrected chi connectivity index (χ0v) is 15.7. The lowest BCUT2D eigenvalue weighted by Crippen LogP contribution is -2.32. The molecule has 1 aromatic heterocycles. The highest BCUT2D eigenvalue weighted by molar-refractivity contribution is 5.92. The average molecular weight is 365 g/mol. The molecule has 3 heterocycles. The van der Waals surface area contributed by atoms with E-state index in [4.69, 9.17) is 4.74 Å². The number of pyridine rings is 1. The molecule has 4 rings (SSSR count). The highest BCUT2D eigenvalue weighted by Crippen LogP contribution is 2.25. The van der Waals surface area contributed by atoms with E-state index in [2.05, 4.69) is 39.5 Å². The van der Waals surface area contributed by atoms with Gasteiger partial charge in [0, 0.05) is 25.6 Å². The molecule has 0 atom stereocenters. The maximum absolute atomic E-state index is 11.5. The van der Waals surface area contributed by atoms with Gasteiger partial charge in [0.15, 0.2) is 0 Å². The number of carbonyl (C=O) groups is 1. The minimum Gasteiger partial charge on any atom is -0.478 e. The minimum atomic E-state index is 0.0339. The number of ether oxygens (including phenoxy) is 1. The standard InChI is InChI=1S/C22H27N3O2/c26-20-10-8-18-9-11-21(24-22(18)23-20)27-15-5-4-13-25-14-12-17-6-2-1-3-7-19(17)16-25/h1-3,6,9,11H,4-5,7-8,10,12-16H2,(H,23,24,26). The molecule has 0 fully saturated rings. The molecule has 1 aliphatic carbocycles. The normalized spacial score (nSPS) is 19.3. The van der Waals surface area contributed by atoms with Crippen LogP contribution in [0.5, 0.6) is 5.88 Å². The van der Waals surface area contributed by atoms with Crippen LogP contribution in [0.25, 0.3) is 0 Å². The van der Waals surface area contributed by atoms with Crippen molar-refractivity contribution in [3.05, 3.63) is 53.1 Å². The van der Waals surface area contributed by atoms with E-state index in [9.17, 15) is 4.79 Å². The van der Waals surface area contributed by atoms with Crippen molar-refractivity contribution in [3.8, 4) is 5.88 Å². The molecule has 3 aliphatic rings. The lowest BCUT2D eigenvalue weighted by Gasteiger charge is -2.29. The summed E-state index contributed by atoms with van der Waals surface area (Å²) in [5, 5.41) is 2.82. The molecule has 2 aliphatic heterocycles. The first-order valence-electron chi connectivity index (χ1n) is 9.97. The molecule has 0 bridgehead atoms. The molecule has 0 saturated carbocycles. The number of amides is 1. The van der Waals surface area contributed by atoms with Crippen LogP contribution in [0, 0.1) is 0 Å². The van der Waals surface area contributed by atoms with E-state index >= 15 is 0 Å². The van der Waals surface area contributed by atoms with E-state index in [0.717, 1.165) is 57.3 Å². The van der Waals surface area contributed by atoms with Crippen molar-refractivity contribution in [2.75, 3.05) is 31.6 Å². The van der Waals surface area contributed by atoms with Crippen LogP contribution in [0.2, 0.25) is 0 Å². The summed E-state index contributed by atoms with van der Waals surface area (Å²) in [6, 6.07) is 3.91. The number of anilines is 1. The lowest BCUT2D eigenvalue weighted by molar-refractivity contribution is -0.116. The second-order valence-corrected chi connectivity index (χ2v) is 7.41. The van der Waals surface area contributed by atoms with Crippen LogP contribution in [0.4, 0.5) is 5.82 Å². The minimum absolute atomic E-state index is 0.0339. The van der Waals surface area contributed by atoms with Gasteiger partial charge in [0.05, 0.1) is 6.61 Å². The number of allylic oxidation sites excluding steroid dienone is 4. The van der Waals surface area contributed by atoms with Gasteiger partial charge in [-0.2, -0.15) is 4.98 Å². The molecule has 5 nitrogen and oxygen atoms in total. The summed E-state index contributed by atoms with van der Waals surface area (Å²) in [6.07, 6.45) is 14.5. The summed E-state index contributed by atoms with van der Waals surface area (Å²) in [6.45, 7) is 4.02. The molecule has 0 unspecified atom stereocenters. The summed E-state index contributed by atoms with van der Waals surface area (Å²) >= 11 is 0. The van der Waals surface area contributed by atoms with Crippen LogP contribution in [0.3, 0.4) is 0 Å². The monoisotopic (exact) mass is 365 g/mol.